The molecule has 1 aromatic carbocycles. The van der Waals surface area contributed by atoms with Crippen LogP contribution in [-0.4, -0.2) is 36.9 Å². The molecule has 156 valence electrons. The molecule has 1 aliphatic carbocycles. The number of aromatic nitrogens is 2. The van der Waals surface area contributed by atoms with Crippen molar-refractivity contribution in [3.05, 3.63) is 53.9 Å². The van der Waals surface area contributed by atoms with Crippen LogP contribution < -0.4 is 19.5 Å². The lowest BCUT2D eigenvalue weighted by atomic mass is 10.1. The summed E-state index contributed by atoms with van der Waals surface area (Å²) in [6.45, 7) is 1.04. The Hall–Kier alpha value is -3.55. The highest BCUT2D eigenvalue weighted by molar-refractivity contribution is 5.93. The molecule has 0 aliphatic heterocycles. The number of carbonyl (C=O) groups is 1. The predicted octanol–water partition coefficient (Wildman–Crippen LogP) is 3.47. The summed E-state index contributed by atoms with van der Waals surface area (Å²) in [5.41, 5.74) is 1.68. The van der Waals surface area contributed by atoms with E-state index in [-0.39, 0.29) is 11.6 Å². The number of ether oxygens (including phenoxy) is 3. The van der Waals surface area contributed by atoms with E-state index in [4.69, 9.17) is 18.7 Å². The highest BCUT2D eigenvalue weighted by Crippen LogP contribution is 2.33. The lowest BCUT2D eigenvalue weighted by Gasteiger charge is -2.07. The van der Waals surface area contributed by atoms with Crippen LogP contribution >= 0.6 is 0 Å². The lowest BCUT2D eigenvalue weighted by molar-refractivity contribution is 0.0942. The zero-order chi connectivity index (χ0) is 20.9. The summed E-state index contributed by atoms with van der Waals surface area (Å²) in [5, 5.41) is 6.69. The first-order valence-corrected chi connectivity index (χ1v) is 9.71. The lowest BCUT2D eigenvalue weighted by Crippen LogP contribution is -2.23. The number of carbonyl (C=O) groups excluding carboxylic acids is 1. The summed E-state index contributed by atoms with van der Waals surface area (Å²) in [5.74, 6) is 2.58. The molecular weight excluding hydrogens is 386 g/mol. The second-order valence-corrected chi connectivity index (χ2v) is 7.08. The average Bonchev–Trinajstić information content (AvgIpc) is 3.49. The molecule has 0 saturated heterocycles. The van der Waals surface area contributed by atoms with Crippen LogP contribution in [0, 0.1) is 5.92 Å². The second-order valence-electron chi connectivity index (χ2n) is 7.08. The van der Waals surface area contributed by atoms with Crippen molar-refractivity contribution in [1.82, 2.24) is 15.5 Å². The molecule has 3 aromatic rings. The van der Waals surface area contributed by atoms with Gasteiger partial charge in [-0.3, -0.25) is 4.79 Å². The molecule has 0 unspecified atom stereocenters. The van der Waals surface area contributed by atoms with E-state index >= 15 is 0 Å². The largest absolute Gasteiger partial charge is 0.497 e. The predicted molar refractivity (Wildman–Crippen MR) is 109 cm³/mol. The summed E-state index contributed by atoms with van der Waals surface area (Å²) in [6.07, 6.45) is 4.16. The van der Waals surface area contributed by atoms with Crippen molar-refractivity contribution in [1.29, 1.82) is 0 Å². The van der Waals surface area contributed by atoms with E-state index in [1.807, 2.05) is 12.1 Å². The van der Waals surface area contributed by atoms with Crippen LogP contribution in [0.2, 0.25) is 0 Å². The Morgan fingerprint density at radius 2 is 2.03 bits per heavy atom. The normalized spacial score (nSPS) is 13.0. The molecule has 1 saturated carbocycles. The Morgan fingerprint density at radius 3 is 2.73 bits per heavy atom. The summed E-state index contributed by atoms with van der Waals surface area (Å²) >= 11 is 0. The Bertz CT molecular complexity index is 1010. The van der Waals surface area contributed by atoms with Gasteiger partial charge in [-0.05, 0) is 42.5 Å². The molecule has 0 spiro atoms. The molecule has 1 aliphatic rings. The van der Waals surface area contributed by atoms with Crippen LogP contribution in [-0.2, 0) is 6.54 Å². The maximum atomic E-state index is 12.5. The molecule has 4 rings (SSSR count). The molecule has 2 heterocycles. The molecule has 0 atom stereocenters. The van der Waals surface area contributed by atoms with Gasteiger partial charge in [0, 0.05) is 24.9 Å². The van der Waals surface area contributed by atoms with E-state index in [1.54, 1.807) is 44.7 Å². The van der Waals surface area contributed by atoms with Gasteiger partial charge < -0.3 is 24.1 Å². The Kier molecular flexibility index (Phi) is 5.83. The van der Waals surface area contributed by atoms with Crippen molar-refractivity contribution in [2.75, 3.05) is 20.8 Å². The van der Waals surface area contributed by atoms with Crippen molar-refractivity contribution < 1.29 is 23.5 Å². The summed E-state index contributed by atoms with van der Waals surface area (Å²) < 4.78 is 21.6. The Balaban J connectivity index is 1.37. The molecule has 0 bridgehead atoms. The quantitative estimate of drug-likeness (QED) is 0.578. The molecule has 1 N–H and O–H groups in total. The van der Waals surface area contributed by atoms with Gasteiger partial charge in [-0.25, -0.2) is 4.98 Å². The van der Waals surface area contributed by atoms with Crippen LogP contribution in [0.5, 0.6) is 17.4 Å². The second kappa shape index (κ2) is 8.86. The van der Waals surface area contributed by atoms with Crippen LogP contribution in [0.25, 0.3) is 11.3 Å². The van der Waals surface area contributed by atoms with Gasteiger partial charge in [0.05, 0.1) is 26.4 Å². The number of hydrogen-bond acceptors (Lipinski definition) is 7. The molecule has 2 aromatic heterocycles. The number of benzene rings is 1. The maximum Gasteiger partial charge on any atom is 0.273 e. The fraction of sp³-hybridized carbons (Fsp3) is 0.318. The van der Waals surface area contributed by atoms with Gasteiger partial charge in [0.1, 0.15) is 11.5 Å². The summed E-state index contributed by atoms with van der Waals surface area (Å²) in [4.78, 5) is 16.7. The minimum atomic E-state index is -0.346. The summed E-state index contributed by atoms with van der Waals surface area (Å²) in [6, 6.07) is 10.6. The highest BCUT2D eigenvalue weighted by atomic mass is 16.5. The minimum absolute atomic E-state index is 0.173. The number of rotatable bonds is 9. The molecular formula is C22H23N3O5. The van der Waals surface area contributed by atoms with Crippen molar-refractivity contribution in [3.63, 3.8) is 0 Å². The van der Waals surface area contributed by atoms with Gasteiger partial charge in [-0.15, -0.1) is 0 Å². The Labute approximate surface area is 174 Å². The SMILES string of the molecule is COc1ccc(OC)c(-c2cc(C(=O)NCc3ccc(OCC4CC4)nc3)no2)c1. The number of methoxy groups -OCH3 is 2. The van der Waals surface area contributed by atoms with Crippen molar-refractivity contribution in [2.24, 2.45) is 5.92 Å². The number of nitrogens with zero attached hydrogens (tertiary/aromatic N) is 2. The van der Waals surface area contributed by atoms with Crippen molar-refractivity contribution in [2.45, 2.75) is 19.4 Å². The first-order valence-electron chi connectivity index (χ1n) is 9.71. The van der Waals surface area contributed by atoms with Gasteiger partial charge in [0.25, 0.3) is 5.91 Å². The van der Waals surface area contributed by atoms with Gasteiger partial charge in [0.2, 0.25) is 5.88 Å². The number of hydrogen-bond donors (Lipinski definition) is 1. The van der Waals surface area contributed by atoms with Crippen LogP contribution in [0.15, 0.2) is 47.1 Å². The highest BCUT2D eigenvalue weighted by Gasteiger charge is 2.22. The fourth-order valence-corrected chi connectivity index (χ4v) is 2.88. The molecule has 0 radical (unpaired) electrons. The van der Waals surface area contributed by atoms with Gasteiger partial charge in [-0.1, -0.05) is 11.2 Å². The monoisotopic (exact) mass is 409 g/mol. The third-order valence-corrected chi connectivity index (χ3v) is 4.83. The first-order chi connectivity index (χ1) is 14.7. The van der Waals surface area contributed by atoms with E-state index in [0.29, 0.717) is 41.2 Å². The third kappa shape index (κ3) is 4.71. The number of nitrogens with one attached hydrogen (secondary N) is 1. The number of pyridine rings is 1. The zero-order valence-electron chi connectivity index (χ0n) is 16.9. The van der Waals surface area contributed by atoms with Crippen LogP contribution in [0.1, 0.15) is 28.9 Å². The number of amides is 1. The molecule has 1 amide bonds. The molecule has 8 nitrogen and oxygen atoms in total. The van der Waals surface area contributed by atoms with E-state index in [9.17, 15) is 4.79 Å². The van der Waals surface area contributed by atoms with E-state index in [0.717, 1.165) is 12.2 Å². The molecule has 8 heteroatoms. The van der Waals surface area contributed by atoms with Gasteiger partial charge in [-0.2, -0.15) is 0 Å². The van der Waals surface area contributed by atoms with E-state index in [1.165, 1.54) is 12.8 Å². The topological polar surface area (TPSA) is 95.7 Å². The Morgan fingerprint density at radius 1 is 1.17 bits per heavy atom. The van der Waals surface area contributed by atoms with Crippen molar-refractivity contribution in [3.8, 4) is 28.7 Å². The third-order valence-electron chi connectivity index (χ3n) is 4.83. The van der Waals surface area contributed by atoms with Crippen LogP contribution in [0.3, 0.4) is 0 Å². The fourth-order valence-electron chi connectivity index (χ4n) is 2.88. The van der Waals surface area contributed by atoms with Crippen molar-refractivity contribution >= 4 is 5.91 Å². The van der Waals surface area contributed by atoms with E-state index in [2.05, 4.69) is 15.5 Å². The smallest absolute Gasteiger partial charge is 0.273 e. The van der Waals surface area contributed by atoms with E-state index < -0.39 is 0 Å². The zero-order valence-corrected chi connectivity index (χ0v) is 16.9. The summed E-state index contributed by atoms with van der Waals surface area (Å²) in [7, 11) is 3.14. The first kappa shape index (κ1) is 19.8. The van der Waals surface area contributed by atoms with Gasteiger partial charge >= 0.3 is 0 Å². The minimum Gasteiger partial charge on any atom is -0.497 e. The molecule has 1 fully saturated rings. The molecule has 30 heavy (non-hydrogen) atoms. The van der Waals surface area contributed by atoms with Gasteiger partial charge in [0.15, 0.2) is 11.5 Å². The average molecular weight is 409 g/mol. The maximum absolute atomic E-state index is 12.5. The van der Waals surface area contributed by atoms with Crippen LogP contribution in [0.4, 0.5) is 0 Å². The standard InChI is InChI=1S/C22H23N3O5/c1-27-16-6-7-19(28-2)17(9-16)20-10-18(25-30-20)22(26)24-12-15-5-8-21(23-11-15)29-13-14-3-4-14/h5-11,14H,3-4,12-13H2,1-2H3,(H,24,26).